The number of aromatic hydroxyl groups is 4. The van der Waals surface area contributed by atoms with E-state index in [4.69, 9.17) is 51.1 Å². The SMILES string of the molecule is CCC(C(=O)Nc1cc(O)c(NC(=O)c2ccc(C)cc2)cc1Cl)S(=O)(=O)c1cc(C)cc(C)c1.CCC(C(=O)Nc1cc(O)c(NC(=O)c2ccc(Cl)c(Cl)c2)cc1Cl)S(=O)(=O)c1cccc(C)c1.CCC(C)c1ccc(Oc2cc(NC(=O)c3ccc(C)cc3)c(O)cc2NC(=O)CS(=O)(=O)c2cccc(C)c2)cc1.Cc1ccc(S(=O)(=O)C(C)C(=O)Nc2cc(O)c(NC(=O)c3cccc(C)c3)cc2F)cc1. The summed E-state index contributed by atoms with van der Waals surface area (Å²) < 4.78 is 124. The molecule has 13 aromatic rings. The van der Waals surface area contributed by atoms with Gasteiger partial charge in [0.25, 0.3) is 23.6 Å². The van der Waals surface area contributed by atoms with Crippen LogP contribution >= 0.6 is 46.4 Å². The number of nitrogens with one attached hydrogen (secondary N) is 8. The Balaban J connectivity index is 0.000000199. The molecule has 4 unspecified atom stereocenters. The van der Waals surface area contributed by atoms with Crippen LogP contribution in [0.1, 0.15) is 151 Å². The largest absolute Gasteiger partial charge is 0.506 e. The molecule has 4 atom stereocenters. The molecule has 0 aliphatic carbocycles. The van der Waals surface area contributed by atoms with Gasteiger partial charge in [-0.25, -0.2) is 38.1 Å². The van der Waals surface area contributed by atoms with Gasteiger partial charge in [-0.05, 0) is 243 Å². The molecule has 0 radical (unpaired) electrons. The Hall–Kier alpha value is -14.5. The first-order valence-electron chi connectivity index (χ1n) is 44.9. The molecule has 0 aliphatic rings. The van der Waals surface area contributed by atoms with Gasteiger partial charge in [-0.15, -0.1) is 0 Å². The number of anilines is 8. The monoisotopic (exact) mass is 2120 g/mol. The number of sulfone groups is 4. The lowest BCUT2D eigenvalue weighted by Crippen LogP contribution is -2.35. The number of aryl methyl sites for hydroxylation is 8. The predicted octanol–water partition coefficient (Wildman–Crippen LogP) is 22.7. The van der Waals surface area contributed by atoms with Gasteiger partial charge in [0.1, 0.15) is 56.1 Å². The molecule has 0 heterocycles. The Morgan fingerprint density at radius 3 is 1.16 bits per heavy atom. The van der Waals surface area contributed by atoms with E-state index >= 15 is 0 Å². The minimum Gasteiger partial charge on any atom is -0.506 e. The molecule has 758 valence electrons. The molecule has 12 N–H and O–H groups in total. The highest BCUT2D eigenvalue weighted by molar-refractivity contribution is 7.93. The topological polar surface area (TPSA) is 460 Å². The van der Waals surface area contributed by atoms with Crippen molar-refractivity contribution in [3.63, 3.8) is 0 Å². The molecule has 0 saturated heterocycles. The first-order valence-corrected chi connectivity index (χ1v) is 52.7. The Bertz CT molecular complexity index is 7580. The van der Waals surface area contributed by atoms with E-state index in [0.717, 1.165) is 74.7 Å². The lowest BCUT2D eigenvalue weighted by molar-refractivity contribution is -0.116. The molecule has 38 heteroatoms. The fourth-order valence-electron chi connectivity index (χ4n) is 14.3. The average molecular weight is 2130 g/mol. The number of phenolic OH excluding ortho intramolecular Hbond substituents is 4. The second-order valence-electron chi connectivity index (χ2n) is 34.1. The van der Waals surface area contributed by atoms with Gasteiger partial charge < -0.3 is 67.7 Å². The Kier molecular flexibility index (Phi) is 38.2. The van der Waals surface area contributed by atoms with Crippen LogP contribution in [0.15, 0.2) is 274 Å². The summed E-state index contributed by atoms with van der Waals surface area (Å²) in [5.41, 5.74) is 8.69. The summed E-state index contributed by atoms with van der Waals surface area (Å²) in [5.74, 6) is -7.82. The molecule has 0 fully saturated rings. The number of benzene rings is 13. The summed E-state index contributed by atoms with van der Waals surface area (Å²) in [7, 11) is -15.9. The van der Waals surface area contributed by atoms with Crippen molar-refractivity contribution >= 4 is 179 Å². The number of carbonyl (C=O) groups is 8. The normalized spacial score (nSPS) is 12.1. The van der Waals surface area contributed by atoms with E-state index in [2.05, 4.69) is 56.4 Å². The van der Waals surface area contributed by atoms with Crippen LogP contribution in [0.25, 0.3) is 0 Å². The molecule has 0 aromatic heterocycles. The molecule has 0 spiro atoms. The molecule has 13 aromatic carbocycles. The van der Waals surface area contributed by atoms with E-state index in [1.54, 1.807) is 164 Å². The van der Waals surface area contributed by atoms with Crippen LogP contribution in [0.5, 0.6) is 34.5 Å². The molecule has 13 rings (SSSR count). The van der Waals surface area contributed by atoms with Gasteiger partial charge in [-0.3, -0.25) is 38.4 Å². The van der Waals surface area contributed by atoms with Crippen molar-refractivity contribution in [3.05, 3.63) is 353 Å². The van der Waals surface area contributed by atoms with E-state index in [1.165, 1.54) is 104 Å². The third-order valence-corrected chi connectivity index (χ3v) is 32.0. The number of hydrogen-bond donors (Lipinski definition) is 12. The van der Waals surface area contributed by atoms with Gasteiger partial charge in [-0.1, -0.05) is 187 Å². The molecule has 145 heavy (non-hydrogen) atoms. The van der Waals surface area contributed by atoms with Gasteiger partial charge in [0, 0.05) is 58.7 Å². The second-order valence-corrected chi connectivity index (χ2v) is 44.2. The zero-order chi connectivity index (χ0) is 107. The molecular weight excluding hydrogens is 2020 g/mol. The molecular formula is C107H105Cl4FN8O21S4. The summed E-state index contributed by atoms with van der Waals surface area (Å²) in [6.45, 7) is 23.1. The Morgan fingerprint density at radius 1 is 0.317 bits per heavy atom. The summed E-state index contributed by atoms with van der Waals surface area (Å²) in [6, 6.07) is 64.9. The summed E-state index contributed by atoms with van der Waals surface area (Å²) in [5, 5.41) is 57.9. The van der Waals surface area contributed by atoms with E-state index < -0.39 is 131 Å². The maximum absolute atomic E-state index is 14.6. The summed E-state index contributed by atoms with van der Waals surface area (Å²) in [6.07, 6.45) is 1.03. The lowest BCUT2D eigenvalue weighted by Gasteiger charge is -2.18. The van der Waals surface area contributed by atoms with Crippen molar-refractivity contribution < 1.29 is 102 Å². The van der Waals surface area contributed by atoms with E-state index in [0.29, 0.717) is 28.4 Å². The third-order valence-electron chi connectivity index (χ3n) is 22.5. The third kappa shape index (κ3) is 29.9. The number of amides is 8. The number of hydrogen-bond acceptors (Lipinski definition) is 21. The van der Waals surface area contributed by atoms with Crippen molar-refractivity contribution in [2.45, 2.75) is 151 Å². The summed E-state index contributed by atoms with van der Waals surface area (Å²) in [4.78, 5) is 102. The highest BCUT2D eigenvalue weighted by Gasteiger charge is 2.37. The van der Waals surface area contributed by atoms with Gasteiger partial charge in [0.15, 0.2) is 45.1 Å². The molecule has 8 amide bonds. The smallest absolute Gasteiger partial charge is 0.255 e. The van der Waals surface area contributed by atoms with Gasteiger partial charge in [-0.2, -0.15) is 0 Å². The van der Waals surface area contributed by atoms with E-state index in [9.17, 15) is 96.8 Å². The quantitative estimate of drug-likeness (QED) is 0.0186. The molecule has 0 aliphatic heterocycles. The van der Waals surface area contributed by atoms with E-state index in [-0.39, 0.29) is 115 Å². The van der Waals surface area contributed by atoms with Crippen molar-refractivity contribution in [3.8, 4) is 34.5 Å². The van der Waals surface area contributed by atoms with Gasteiger partial charge in [0.05, 0.1) is 85.2 Å². The number of ether oxygens (including phenoxy) is 1. The van der Waals surface area contributed by atoms with Crippen LogP contribution in [0.4, 0.5) is 49.9 Å². The molecule has 0 bridgehead atoms. The number of carbonyl (C=O) groups excluding carboxylic acids is 8. The Morgan fingerprint density at radius 2 is 0.703 bits per heavy atom. The van der Waals surface area contributed by atoms with Crippen LogP contribution in [-0.4, -0.2) is 123 Å². The van der Waals surface area contributed by atoms with Gasteiger partial charge in [0.2, 0.25) is 23.6 Å². The zero-order valence-electron chi connectivity index (χ0n) is 80.6. The lowest BCUT2D eigenvalue weighted by atomic mass is 9.99. The first kappa shape index (κ1) is 112. The summed E-state index contributed by atoms with van der Waals surface area (Å²) >= 11 is 24.3. The van der Waals surface area contributed by atoms with Crippen LogP contribution in [0.2, 0.25) is 20.1 Å². The molecule has 29 nitrogen and oxygen atoms in total. The highest BCUT2D eigenvalue weighted by Crippen LogP contribution is 2.42. The highest BCUT2D eigenvalue weighted by atomic mass is 35.5. The fraction of sp³-hybridized carbons (Fsp3) is 0.196. The minimum atomic E-state index is -4.01. The first-order chi connectivity index (χ1) is 68.3. The fourth-order valence-corrected chi connectivity index (χ4v) is 21.0. The van der Waals surface area contributed by atoms with Crippen molar-refractivity contribution in [2.24, 2.45) is 0 Å². The number of rotatable bonds is 30. The van der Waals surface area contributed by atoms with Gasteiger partial charge >= 0.3 is 0 Å². The average Bonchev–Trinajstić information content (AvgIpc) is 0.790. The Labute approximate surface area is 860 Å². The maximum atomic E-state index is 14.6. The van der Waals surface area contributed by atoms with Crippen LogP contribution in [0, 0.1) is 61.2 Å². The van der Waals surface area contributed by atoms with Crippen molar-refractivity contribution in [1.82, 2.24) is 0 Å². The molecule has 0 saturated carbocycles. The maximum Gasteiger partial charge on any atom is 0.255 e. The number of halogens is 5. The van der Waals surface area contributed by atoms with Crippen LogP contribution < -0.4 is 47.3 Å². The standard InChI is InChI=1S/C33H34N2O6S.C26H27ClN2O5S.C24H21Cl3N2O5S.C24H23FN2O5S/c1-5-23(4)24-13-15-26(16-14-24)41-31-19-28(35-33(38)25-11-9-21(2)10-12-25)30(36)18-29(31)34-32(37)20-42(39,40)27-8-6-7-22(3)17-27;1-5-24(35(33,34)19-11-16(3)10-17(4)12-19)26(32)28-21-14-23(30)22(13-20(21)27)29-25(31)18-8-6-15(2)7-9-18;1-3-22(35(33,34)15-6-4-5-13(2)9-15)24(32)28-19-12-21(30)20(11-18(19)27)29-23(31)14-7-8-16(25)17(26)10-14;1-14-7-9-18(10-8-14)33(31,32)16(3)23(29)26-20-13-22(28)21(12-19(20)25)27-24(30)17-6-4-5-15(2)11-17/h6-19,23,36H,5,20H2,1-4H3,(H,34,37)(H,35,38);6-14,24,30H,5H2,1-4H3,(H,28,32)(H,29,31);4-12,22,30H,3H2,1-2H3,(H,28,32)(H,29,31);4-13,16,28H,1-3H3,(H,26,29)(H,27,30). The van der Waals surface area contributed by atoms with Crippen molar-refractivity contribution in [2.75, 3.05) is 48.3 Å². The van der Waals surface area contributed by atoms with Crippen LogP contribution in [-0.2, 0) is 58.5 Å². The predicted molar refractivity (Wildman–Crippen MR) is 565 cm³/mol. The van der Waals surface area contributed by atoms with Crippen molar-refractivity contribution in [1.29, 1.82) is 0 Å². The number of phenols is 4. The van der Waals surface area contributed by atoms with Crippen LogP contribution in [0.3, 0.4) is 0 Å². The van der Waals surface area contributed by atoms with E-state index in [1.807, 2.05) is 45.0 Å². The second kappa shape index (κ2) is 49.2. The zero-order valence-corrected chi connectivity index (χ0v) is 86.9. The minimum absolute atomic E-state index is 0.0143.